The molecule has 5 heteroatoms. The molecule has 0 saturated carbocycles. The summed E-state index contributed by atoms with van der Waals surface area (Å²) in [5.41, 5.74) is 0.669. The monoisotopic (exact) mass is 274 g/mol. The fraction of sp³-hybridized carbons (Fsp3) is 0.538. The van der Waals surface area contributed by atoms with Gasteiger partial charge in [0.1, 0.15) is 5.75 Å². The predicted molar refractivity (Wildman–Crippen MR) is 73.8 cm³/mol. The van der Waals surface area contributed by atoms with E-state index in [-0.39, 0.29) is 18.5 Å². The van der Waals surface area contributed by atoms with Gasteiger partial charge in [-0.05, 0) is 24.6 Å². The van der Waals surface area contributed by atoms with Crippen LogP contribution >= 0.6 is 7.60 Å². The minimum atomic E-state index is -3.51. The maximum atomic E-state index is 11.3. The predicted octanol–water partition coefficient (Wildman–Crippen LogP) is 3.92. The second kappa shape index (κ2) is 9.15. The Morgan fingerprint density at radius 2 is 1.61 bits per heavy atom. The first kappa shape index (κ1) is 17.2. The van der Waals surface area contributed by atoms with Crippen molar-refractivity contribution >= 4 is 7.60 Å². The molecule has 1 unspecified atom stereocenters. The zero-order valence-corrected chi connectivity index (χ0v) is 12.2. The Morgan fingerprint density at radius 3 is 2.00 bits per heavy atom. The quantitative estimate of drug-likeness (QED) is 0.798. The first-order valence-electron chi connectivity index (χ1n) is 6.19. The van der Waals surface area contributed by atoms with Gasteiger partial charge in [-0.3, -0.25) is 4.57 Å². The van der Waals surface area contributed by atoms with Crippen LogP contribution in [0.15, 0.2) is 24.3 Å². The average molecular weight is 274 g/mol. The molecule has 0 radical (unpaired) electrons. The van der Waals surface area contributed by atoms with Crippen LogP contribution < -0.4 is 0 Å². The Hall–Kier alpha value is -0.830. The molecule has 104 valence electrons. The Bertz CT molecular complexity index is 360. The van der Waals surface area contributed by atoms with Gasteiger partial charge < -0.3 is 14.5 Å². The molecule has 0 amide bonds. The van der Waals surface area contributed by atoms with Gasteiger partial charge in [-0.25, -0.2) is 0 Å². The summed E-state index contributed by atoms with van der Waals surface area (Å²) in [7, 11) is -3.51. The van der Waals surface area contributed by atoms with Gasteiger partial charge in [0.05, 0.1) is 12.8 Å². The largest absolute Gasteiger partial charge is 0.508 e. The van der Waals surface area contributed by atoms with Gasteiger partial charge in [0.25, 0.3) is 0 Å². The molecule has 2 N–H and O–H groups in total. The van der Waals surface area contributed by atoms with E-state index in [0.717, 1.165) is 0 Å². The summed E-state index contributed by atoms with van der Waals surface area (Å²) in [4.78, 5) is 9.31. The van der Waals surface area contributed by atoms with Crippen LogP contribution in [0.4, 0.5) is 0 Å². The van der Waals surface area contributed by atoms with E-state index in [1.54, 1.807) is 19.1 Å². The molecule has 0 aliphatic carbocycles. The van der Waals surface area contributed by atoms with Crippen LogP contribution in [0.3, 0.4) is 0 Å². The summed E-state index contributed by atoms with van der Waals surface area (Å²) in [5, 5.41) is 9.00. The van der Waals surface area contributed by atoms with Crippen molar-refractivity contribution < 1.29 is 19.1 Å². The molecule has 1 aromatic rings. The molecule has 0 spiro atoms. The van der Waals surface area contributed by atoms with Crippen LogP contribution in [-0.2, 0) is 15.3 Å². The number of benzene rings is 1. The van der Waals surface area contributed by atoms with Crippen molar-refractivity contribution in [3.8, 4) is 5.75 Å². The van der Waals surface area contributed by atoms with Crippen molar-refractivity contribution in [2.45, 2.75) is 39.8 Å². The molecule has 0 bridgehead atoms. The number of hydrogen-bond acceptors (Lipinski definition) is 3. The third kappa shape index (κ3) is 8.29. The topological polar surface area (TPSA) is 66.8 Å². The molecule has 0 fully saturated rings. The fourth-order valence-corrected chi connectivity index (χ4v) is 2.25. The van der Waals surface area contributed by atoms with Crippen molar-refractivity contribution in [3.05, 3.63) is 29.8 Å². The normalized spacial score (nSPS) is 13.3. The standard InChI is InChI=1S/C9H13O4P.C4H10/c1-2-13-14(11,12)7-8-3-5-9(10)6-4-8;1-3-4-2/h3-6,10H,2,7H2,1H3,(H,11,12);3-4H2,1-2H3. The van der Waals surface area contributed by atoms with E-state index in [2.05, 4.69) is 13.8 Å². The van der Waals surface area contributed by atoms with Gasteiger partial charge in [-0.15, -0.1) is 0 Å². The molecular weight excluding hydrogens is 251 g/mol. The zero-order chi connectivity index (χ0) is 14.0. The van der Waals surface area contributed by atoms with Crippen molar-refractivity contribution in [1.29, 1.82) is 0 Å². The first-order valence-corrected chi connectivity index (χ1v) is 7.95. The second-order valence-corrected chi connectivity index (χ2v) is 5.73. The van der Waals surface area contributed by atoms with Gasteiger partial charge in [0.2, 0.25) is 0 Å². The van der Waals surface area contributed by atoms with E-state index >= 15 is 0 Å². The Balaban J connectivity index is 0.000000631. The maximum absolute atomic E-state index is 11.3. The van der Waals surface area contributed by atoms with Gasteiger partial charge in [-0.2, -0.15) is 0 Å². The third-order valence-electron chi connectivity index (χ3n) is 2.15. The first-order chi connectivity index (χ1) is 8.45. The molecule has 1 atom stereocenters. The molecule has 4 nitrogen and oxygen atoms in total. The van der Waals surface area contributed by atoms with E-state index in [1.807, 2.05) is 0 Å². The number of phenolic OH excluding ortho intramolecular Hbond substituents is 1. The lowest BCUT2D eigenvalue weighted by Crippen LogP contribution is -1.92. The summed E-state index contributed by atoms with van der Waals surface area (Å²) in [5.74, 6) is 0.137. The lowest BCUT2D eigenvalue weighted by atomic mass is 10.2. The highest BCUT2D eigenvalue weighted by Gasteiger charge is 2.18. The summed E-state index contributed by atoms with van der Waals surface area (Å²) < 4.78 is 16.1. The Labute approximate surface area is 109 Å². The summed E-state index contributed by atoms with van der Waals surface area (Å²) in [6.07, 6.45) is 2.61. The maximum Gasteiger partial charge on any atom is 0.332 e. The molecule has 1 rings (SSSR count). The van der Waals surface area contributed by atoms with Crippen LogP contribution in [-0.4, -0.2) is 16.6 Å². The minimum absolute atomic E-state index is 0.0267. The van der Waals surface area contributed by atoms with E-state index in [1.165, 1.54) is 25.0 Å². The molecule has 0 saturated heterocycles. The van der Waals surface area contributed by atoms with Crippen molar-refractivity contribution in [1.82, 2.24) is 0 Å². The van der Waals surface area contributed by atoms with Crippen LogP contribution in [0.2, 0.25) is 0 Å². The van der Waals surface area contributed by atoms with Crippen LogP contribution in [0.25, 0.3) is 0 Å². The highest BCUT2D eigenvalue weighted by molar-refractivity contribution is 7.51. The van der Waals surface area contributed by atoms with Gasteiger partial charge >= 0.3 is 7.60 Å². The van der Waals surface area contributed by atoms with Crippen LogP contribution in [0.5, 0.6) is 5.75 Å². The molecule has 0 aliphatic rings. The van der Waals surface area contributed by atoms with Crippen LogP contribution in [0.1, 0.15) is 39.2 Å². The Kier molecular flexibility index (Phi) is 8.73. The smallest absolute Gasteiger partial charge is 0.332 e. The summed E-state index contributed by atoms with van der Waals surface area (Å²) in [6, 6.07) is 6.14. The molecule has 1 aromatic carbocycles. The number of aromatic hydroxyl groups is 1. The molecular formula is C13H23O4P. The lowest BCUT2D eigenvalue weighted by molar-refractivity contribution is 0.272. The number of rotatable bonds is 5. The van der Waals surface area contributed by atoms with Gasteiger partial charge in [0.15, 0.2) is 0 Å². The molecule has 0 aromatic heterocycles. The number of phenols is 1. The zero-order valence-electron chi connectivity index (χ0n) is 11.3. The van der Waals surface area contributed by atoms with E-state index in [9.17, 15) is 9.46 Å². The highest BCUT2D eigenvalue weighted by atomic mass is 31.2. The Morgan fingerprint density at radius 1 is 1.11 bits per heavy atom. The number of hydrogen-bond donors (Lipinski definition) is 2. The SMILES string of the molecule is CCCC.CCOP(=O)(O)Cc1ccc(O)cc1. The molecule has 0 heterocycles. The summed E-state index contributed by atoms with van der Waals surface area (Å²) in [6.45, 7) is 6.24. The van der Waals surface area contributed by atoms with Crippen molar-refractivity contribution in [2.24, 2.45) is 0 Å². The highest BCUT2D eigenvalue weighted by Crippen LogP contribution is 2.45. The molecule has 18 heavy (non-hydrogen) atoms. The van der Waals surface area contributed by atoms with E-state index in [0.29, 0.717) is 5.56 Å². The average Bonchev–Trinajstić information content (AvgIpc) is 2.32. The number of unbranched alkanes of at least 4 members (excludes halogenated alkanes) is 1. The molecule has 0 aliphatic heterocycles. The van der Waals surface area contributed by atoms with E-state index in [4.69, 9.17) is 9.63 Å². The summed E-state index contributed by atoms with van der Waals surface area (Å²) >= 11 is 0. The van der Waals surface area contributed by atoms with Crippen molar-refractivity contribution in [2.75, 3.05) is 6.61 Å². The lowest BCUT2D eigenvalue weighted by Gasteiger charge is -2.10. The minimum Gasteiger partial charge on any atom is -0.508 e. The van der Waals surface area contributed by atoms with Crippen molar-refractivity contribution in [3.63, 3.8) is 0 Å². The van der Waals surface area contributed by atoms with Gasteiger partial charge in [0, 0.05) is 0 Å². The second-order valence-electron chi connectivity index (χ2n) is 3.88. The fourth-order valence-electron chi connectivity index (χ4n) is 1.08. The third-order valence-corrected chi connectivity index (χ3v) is 3.58. The van der Waals surface area contributed by atoms with Gasteiger partial charge in [-0.1, -0.05) is 38.8 Å². The van der Waals surface area contributed by atoms with E-state index < -0.39 is 7.60 Å². The van der Waals surface area contributed by atoms with Crippen LogP contribution in [0, 0.1) is 0 Å².